The Bertz CT molecular complexity index is 3340. The van der Waals surface area contributed by atoms with Crippen molar-refractivity contribution >= 4 is 69.2 Å². The molecule has 0 aromatic heterocycles. The number of nitrogens with one attached hydrogen (secondary N) is 8. The van der Waals surface area contributed by atoms with Crippen molar-refractivity contribution in [1.29, 1.82) is 0 Å². The van der Waals surface area contributed by atoms with Crippen LogP contribution in [-0.4, -0.2) is 214 Å². The molecule has 28 heteroatoms. The van der Waals surface area contributed by atoms with E-state index in [2.05, 4.69) is 76.2 Å². The number of aliphatic imine (C=N–C) groups is 6. The lowest BCUT2D eigenvalue weighted by Crippen LogP contribution is -2.48. The van der Waals surface area contributed by atoms with Gasteiger partial charge in [0.25, 0.3) is 10.0 Å². The Morgan fingerprint density at radius 1 is 0.435 bits per heavy atom. The summed E-state index contributed by atoms with van der Waals surface area (Å²) in [6.07, 6.45) is 40.5. The molecule has 24 nitrogen and oxygen atoms in total. The fourth-order valence-corrected chi connectivity index (χ4v) is 15.7. The zero-order valence-corrected chi connectivity index (χ0v) is 72.9. The zero-order chi connectivity index (χ0) is 83.5. The highest BCUT2D eigenvalue weighted by Gasteiger charge is 2.39. The lowest BCUT2D eigenvalue weighted by atomic mass is 9.95. The molecule has 0 saturated heterocycles. The predicted molar refractivity (Wildman–Crippen MR) is 468 cm³/mol. The molecule has 9 rings (SSSR count). The van der Waals surface area contributed by atoms with Gasteiger partial charge in [-0.3, -0.25) is 30.4 Å². The van der Waals surface area contributed by atoms with Gasteiger partial charge in [-0.15, -0.1) is 0 Å². The summed E-state index contributed by atoms with van der Waals surface area (Å²) < 4.78 is 75.8. The van der Waals surface area contributed by atoms with Gasteiger partial charge in [0.1, 0.15) is 5.60 Å². The largest absolute Gasteiger partial charge is 0.471 e. The standard InChI is InChI=1S/C19H42N6.C19H29N3O2S.C18H33N3O2.C16H31N3O.C15H12F3N3O/c1-22(2)18(23(3)4)20-16-14-12-10-9-11-13-15-17-21-19(24(5)6)25(7)8;23-25(24,18-14-8-3-9-15-18)22-19(20-16-10-4-1-5-11-16)21-17-12-6-2-7-13-17;1-18(2,3)23-17(22)21-16(19-14-10-6-4-7-11-14)20-15-12-8-5-9-13-15;1-20-13-12-17-16(18-14-8-4-2-5-9-14)19-15-10-6-3-7-11-15;16-15(17,18)13(22)21-14(19-11-7-3-1-4-8-11)20-12-9-5-2-6-10-12/h9-17H2,1-8H3;3,8-9,14-17H,1-2,4-7,10-13H2,(H2,20,21,22);14-15H,4-13H2,1-3H3,(H2,19,20,21,22);14-15H,2-13H2,1H3,(H2,17,18,19);1-10H,(H2,19,20,21,22). The number of ether oxygens (including phenoxy) is 2. The number of guanidine groups is 6. The number of alkyl halides is 3. The number of benzene rings is 3. The molecule has 0 atom stereocenters. The Balaban J connectivity index is 0.000000257. The number of amides is 2. The molecule has 115 heavy (non-hydrogen) atoms. The molecule has 0 spiro atoms. The van der Waals surface area contributed by atoms with Crippen LogP contribution in [0.1, 0.15) is 258 Å². The normalized spacial score (nSPS) is 17.2. The number of nitrogens with zero attached hydrogens (tertiary/aromatic N) is 10. The highest BCUT2D eigenvalue weighted by molar-refractivity contribution is 7.90. The molecule has 3 aromatic carbocycles. The van der Waals surface area contributed by atoms with Crippen molar-refractivity contribution < 1.29 is 40.7 Å². The molecular weight excluding hydrogens is 1480 g/mol. The van der Waals surface area contributed by atoms with Gasteiger partial charge in [-0.2, -0.15) is 13.2 Å². The zero-order valence-electron chi connectivity index (χ0n) is 72.1. The van der Waals surface area contributed by atoms with Crippen LogP contribution in [0.5, 0.6) is 0 Å². The molecule has 0 unspecified atom stereocenters. The van der Waals surface area contributed by atoms with Crippen molar-refractivity contribution in [2.45, 2.75) is 311 Å². The molecule has 0 aliphatic heterocycles. The van der Waals surface area contributed by atoms with Gasteiger partial charge in [-0.1, -0.05) is 202 Å². The number of hydrogen-bond donors (Lipinski definition) is 8. The van der Waals surface area contributed by atoms with E-state index in [0.717, 1.165) is 88.9 Å². The van der Waals surface area contributed by atoms with E-state index < -0.39 is 33.8 Å². The third kappa shape index (κ3) is 44.3. The number of unbranched alkanes of at least 4 members (excludes halogenated alkanes) is 6. The summed E-state index contributed by atoms with van der Waals surface area (Å²) in [4.78, 5) is 59.3. The number of hydrogen-bond acceptors (Lipinski definition) is 12. The molecule has 0 heterocycles. The maximum absolute atomic E-state index is 12.7. The molecule has 6 saturated carbocycles. The van der Waals surface area contributed by atoms with E-state index in [1.807, 2.05) is 83.2 Å². The van der Waals surface area contributed by atoms with Crippen LogP contribution in [0.25, 0.3) is 0 Å². The molecule has 6 aliphatic carbocycles. The van der Waals surface area contributed by atoms with Crippen molar-refractivity contribution in [2.75, 3.05) is 95.0 Å². The average Bonchev–Trinajstić information content (AvgIpc) is 0.834. The Morgan fingerprint density at radius 2 is 0.791 bits per heavy atom. The predicted octanol–water partition coefficient (Wildman–Crippen LogP) is 16.7. The number of carbonyl (C=O) groups excluding carboxylic acids is 2. The van der Waals surface area contributed by atoms with Crippen molar-refractivity contribution in [1.82, 2.24) is 56.2 Å². The number of para-hydroxylation sites is 2. The molecule has 0 bridgehead atoms. The summed E-state index contributed by atoms with van der Waals surface area (Å²) in [5, 5.41) is 21.4. The van der Waals surface area contributed by atoms with E-state index in [1.54, 1.807) is 97.4 Å². The molecule has 0 radical (unpaired) electrons. The molecule has 3 aromatic rings. The third-order valence-electron chi connectivity index (χ3n) is 20.5. The number of alkyl carbamates (subject to hydrolysis) is 1. The minimum Gasteiger partial charge on any atom is -0.444 e. The fourth-order valence-electron chi connectivity index (χ4n) is 14.7. The van der Waals surface area contributed by atoms with Crippen molar-refractivity contribution in [3.05, 3.63) is 91.0 Å². The first-order valence-corrected chi connectivity index (χ1v) is 44.6. The average molecular weight is 1630 g/mol. The number of rotatable bonds is 23. The summed E-state index contributed by atoms with van der Waals surface area (Å²) in [6, 6.07) is 27.8. The summed E-state index contributed by atoms with van der Waals surface area (Å²) in [5.41, 5.74) is 0.410. The second kappa shape index (κ2) is 55.7. The quantitative estimate of drug-likeness (QED) is 0.0249. The van der Waals surface area contributed by atoms with Crippen LogP contribution in [-0.2, 0) is 24.3 Å². The number of anilines is 1. The number of carbonyl (C=O) groups is 2. The molecule has 6 aliphatic rings. The van der Waals surface area contributed by atoms with Crippen LogP contribution in [0.3, 0.4) is 0 Å². The topological polar surface area (TPSA) is 270 Å². The van der Waals surface area contributed by atoms with E-state index >= 15 is 0 Å². The smallest absolute Gasteiger partial charge is 0.444 e. The van der Waals surface area contributed by atoms with E-state index in [4.69, 9.17) is 19.5 Å². The summed E-state index contributed by atoms with van der Waals surface area (Å²) in [5.74, 6) is 1.76. The number of methoxy groups -OCH3 is 1. The van der Waals surface area contributed by atoms with Gasteiger partial charge in [0.2, 0.25) is 17.9 Å². The van der Waals surface area contributed by atoms with Crippen LogP contribution in [0, 0.1) is 0 Å². The lowest BCUT2D eigenvalue weighted by molar-refractivity contribution is -0.171. The maximum Gasteiger partial charge on any atom is 0.471 e. The van der Waals surface area contributed by atoms with E-state index in [1.165, 1.54) is 186 Å². The lowest BCUT2D eigenvalue weighted by Gasteiger charge is -2.29. The fraction of sp³-hybridized carbons (Fsp3) is 0.701. The molecule has 648 valence electrons. The monoisotopic (exact) mass is 1630 g/mol. The number of sulfonamides is 1. The minimum atomic E-state index is -4.99. The molecule has 6 fully saturated rings. The van der Waals surface area contributed by atoms with Gasteiger partial charge in [0, 0.05) is 106 Å². The summed E-state index contributed by atoms with van der Waals surface area (Å²) >= 11 is 0. The van der Waals surface area contributed by atoms with Crippen LogP contribution in [0.4, 0.5) is 29.3 Å². The minimum absolute atomic E-state index is 0.221. The third-order valence-corrected chi connectivity index (χ3v) is 21.8. The van der Waals surface area contributed by atoms with Crippen molar-refractivity contribution in [3.8, 4) is 0 Å². The van der Waals surface area contributed by atoms with Gasteiger partial charge in [-0.05, 0) is 147 Å². The highest BCUT2D eigenvalue weighted by atomic mass is 32.2. The molecule has 8 N–H and O–H groups in total. The van der Waals surface area contributed by atoms with Gasteiger partial charge in [-0.25, -0.2) is 32.9 Å². The van der Waals surface area contributed by atoms with Gasteiger partial charge < -0.3 is 55.7 Å². The van der Waals surface area contributed by atoms with E-state index in [9.17, 15) is 31.2 Å². The molecular formula is C87H147F3N18O6S. The maximum atomic E-state index is 12.7. The molecule has 2 amide bonds. The first-order chi connectivity index (χ1) is 55.2. The second-order valence-corrected chi connectivity index (χ2v) is 34.6. The highest BCUT2D eigenvalue weighted by Crippen LogP contribution is 2.26. The summed E-state index contributed by atoms with van der Waals surface area (Å²) in [6.45, 7) is 8.92. The summed E-state index contributed by atoms with van der Waals surface area (Å²) in [7, 11) is 14.5. The Hall–Kier alpha value is -7.88. The van der Waals surface area contributed by atoms with Crippen LogP contribution in [0.2, 0.25) is 0 Å². The van der Waals surface area contributed by atoms with Crippen molar-refractivity contribution in [2.24, 2.45) is 30.0 Å². The van der Waals surface area contributed by atoms with Crippen LogP contribution in [0.15, 0.2) is 126 Å². The Labute approximate surface area is 689 Å². The Morgan fingerprint density at radius 3 is 1.17 bits per heavy atom. The SMILES string of the molecule is CC(C)(C)OC(=O)NC(=NC1CCCCC1)NC1CCCCC1.CN(C)C(=NCCCCCCCCCN=C(N(C)C)N(C)C)N(C)C.COCCN=C(NC1CCCCC1)NC1CCCCC1.O=C(NC(=Nc1ccccc1)Nc1ccccc1)C(F)(F)F.O=S(=O)(NC(=NC1CCCCC1)NC1CCCCC1)c1ccccc1. The Kier molecular flexibility index (Phi) is 47.3. The van der Waals surface area contributed by atoms with Gasteiger partial charge in [0.05, 0.1) is 35.8 Å². The first kappa shape index (κ1) is 97.7. The van der Waals surface area contributed by atoms with Crippen molar-refractivity contribution in [3.63, 3.8) is 0 Å². The van der Waals surface area contributed by atoms with Gasteiger partial charge in [0.15, 0.2) is 17.9 Å². The van der Waals surface area contributed by atoms with E-state index in [-0.39, 0.29) is 16.9 Å². The van der Waals surface area contributed by atoms with Crippen LogP contribution >= 0.6 is 0 Å². The van der Waals surface area contributed by atoms with Gasteiger partial charge >= 0.3 is 18.2 Å². The first-order valence-electron chi connectivity index (χ1n) is 43.1. The second-order valence-electron chi connectivity index (χ2n) is 32.9. The number of halogens is 3. The van der Waals surface area contributed by atoms with Crippen LogP contribution < -0.4 is 41.9 Å². The van der Waals surface area contributed by atoms with E-state index in [0.29, 0.717) is 60.1 Å².